The lowest BCUT2D eigenvalue weighted by atomic mass is 10.3. The van der Waals surface area contributed by atoms with Crippen molar-refractivity contribution < 1.29 is 14.2 Å². The molecule has 3 aromatic rings. The van der Waals surface area contributed by atoms with Crippen LogP contribution in [0.2, 0.25) is 0 Å². The SMILES string of the molecule is COc1ccc(Nc2ncc(N)c(Oc3ccc(OC)cc3)n2)cc1. The van der Waals surface area contributed by atoms with E-state index in [0.29, 0.717) is 17.4 Å². The molecule has 0 saturated carbocycles. The van der Waals surface area contributed by atoms with Crippen molar-refractivity contribution in [3.8, 4) is 23.1 Å². The fourth-order valence-electron chi connectivity index (χ4n) is 2.08. The molecule has 7 nitrogen and oxygen atoms in total. The third kappa shape index (κ3) is 4.08. The van der Waals surface area contributed by atoms with Gasteiger partial charge in [-0.05, 0) is 48.5 Å². The first-order valence-electron chi connectivity index (χ1n) is 7.53. The highest BCUT2D eigenvalue weighted by molar-refractivity contribution is 5.57. The summed E-state index contributed by atoms with van der Waals surface area (Å²) < 4.78 is 16.0. The fraction of sp³-hybridized carbons (Fsp3) is 0.111. The van der Waals surface area contributed by atoms with Crippen LogP contribution in [0.5, 0.6) is 23.1 Å². The van der Waals surface area contributed by atoms with Gasteiger partial charge >= 0.3 is 0 Å². The zero-order valence-corrected chi connectivity index (χ0v) is 13.9. The van der Waals surface area contributed by atoms with E-state index < -0.39 is 0 Å². The number of ether oxygens (including phenoxy) is 3. The molecule has 3 N–H and O–H groups in total. The van der Waals surface area contributed by atoms with Crippen LogP contribution in [0.1, 0.15) is 0 Å². The average Bonchev–Trinajstić information content (AvgIpc) is 2.66. The molecular weight excluding hydrogens is 320 g/mol. The highest BCUT2D eigenvalue weighted by Crippen LogP contribution is 2.28. The van der Waals surface area contributed by atoms with Gasteiger partial charge in [-0.2, -0.15) is 4.98 Å². The Bertz CT molecular complexity index is 836. The number of hydrogen-bond donors (Lipinski definition) is 2. The molecule has 0 fully saturated rings. The van der Waals surface area contributed by atoms with E-state index in [1.54, 1.807) is 38.5 Å². The third-order valence-electron chi connectivity index (χ3n) is 3.40. The standard InChI is InChI=1S/C18H18N4O3/c1-23-13-5-3-12(4-6-13)21-18-20-11-16(19)17(22-18)25-15-9-7-14(24-2)8-10-15/h3-11H,19H2,1-2H3,(H,20,21,22). The molecule has 0 atom stereocenters. The summed E-state index contributed by atoms with van der Waals surface area (Å²) in [5.74, 6) is 2.76. The van der Waals surface area contributed by atoms with E-state index in [-0.39, 0.29) is 5.88 Å². The second kappa shape index (κ2) is 7.39. The number of nitrogen functional groups attached to an aromatic ring is 1. The molecule has 0 spiro atoms. The molecule has 128 valence electrons. The minimum Gasteiger partial charge on any atom is -0.497 e. The van der Waals surface area contributed by atoms with E-state index >= 15 is 0 Å². The number of nitrogens with one attached hydrogen (secondary N) is 1. The van der Waals surface area contributed by atoms with Gasteiger partial charge < -0.3 is 25.3 Å². The molecule has 3 rings (SSSR count). The lowest BCUT2D eigenvalue weighted by Gasteiger charge is -2.10. The van der Waals surface area contributed by atoms with Crippen molar-refractivity contribution in [2.75, 3.05) is 25.3 Å². The Morgan fingerprint density at radius 2 is 1.40 bits per heavy atom. The van der Waals surface area contributed by atoms with Gasteiger partial charge in [0.25, 0.3) is 0 Å². The Labute approximate surface area is 145 Å². The lowest BCUT2D eigenvalue weighted by Crippen LogP contribution is -2.02. The number of nitrogens with two attached hydrogens (primary N) is 1. The molecule has 1 aromatic heterocycles. The predicted molar refractivity (Wildman–Crippen MR) is 95.8 cm³/mol. The largest absolute Gasteiger partial charge is 0.497 e. The molecule has 7 heteroatoms. The quantitative estimate of drug-likeness (QED) is 0.709. The van der Waals surface area contributed by atoms with Crippen molar-refractivity contribution in [1.82, 2.24) is 9.97 Å². The van der Waals surface area contributed by atoms with Gasteiger partial charge in [0.15, 0.2) is 0 Å². The van der Waals surface area contributed by atoms with Crippen molar-refractivity contribution in [1.29, 1.82) is 0 Å². The maximum Gasteiger partial charge on any atom is 0.247 e. The summed E-state index contributed by atoms with van der Waals surface area (Å²) in [6, 6.07) is 14.5. The zero-order valence-electron chi connectivity index (χ0n) is 13.9. The normalized spacial score (nSPS) is 10.2. The Hall–Kier alpha value is -3.48. The minimum absolute atomic E-state index is 0.274. The van der Waals surface area contributed by atoms with Crippen molar-refractivity contribution in [2.24, 2.45) is 0 Å². The topological polar surface area (TPSA) is 91.5 Å². The van der Waals surface area contributed by atoms with Gasteiger partial charge in [-0.15, -0.1) is 0 Å². The number of aromatic nitrogens is 2. The van der Waals surface area contributed by atoms with Crippen molar-refractivity contribution in [3.05, 3.63) is 54.7 Å². The second-order valence-corrected chi connectivity index (χ2v) is 5.09. The lowest BCUT2D eigenvalue weighted by molar-refractivity contribution is 0.412. The number of rotatable bonds is 6. The van der Waals surface area contributed by atoms with Gasteiger partial charge in [0.1, 0.15) is 22.9 Å². The molecule has 2 aromatic carbocycles. The minimum atomic E-state index is 0.274. The van der Waals surface area contributed by atoms with Crippen LogP contribution in [0.15, 0.2) is 54.7 Å². The molecule has 0 aliphatic carbocycles. The van der Waals surface area contributed by atoms with Crippen LogP contribution in [0.3, 0.4) is 0 Å². The number of anilines is 3. The summed E-state index contributed by atoms with van der Waals surface area (Å²) in [5.41, 5.74) is 7.07. The summed E-state index contributed by atoms with van der Waals surface area (Å²) in [4.78, 5) is 8.48. The molecule has 25 heavy (non-hydrogen) atoms. The van der Waals surface area contributed by atoms with Gasteiger partial charge in [-0.25, -0.2) is 4.98 Å². The van der Waals surface area contributed by atoms with Gasteiger partial charge in [0.05, 0.1) is 20.4 Å². The smallest absolute Gasteiger partial charge is 0.247 e. The predicted octanol–water partition coefficient (Wildman–Crippen LogP) is 3.61. The Morgan fingerprint density at radius 1 is 0.840 bits per heavy atom. The van der Waals surface area contributed by atoms with E-state index in [1.165, 1.54) is 6.20 Å². The van der Waals surface area contributed by atoms with Gasteiger partial charge in [0, 0.05) is 5.69 Å². The number of nitrogens with zero attached hydrogens (tertiary/aromatic N) is 2. The molecule has 0 aliphatic rings. The molecule has 0 radical (unpaired) electrons. The van der Waals surface area contributed by atoms with Crippen molar-refractivity contribution in [3.63, 3.8) is 0 Å². The van der Waals surface area contributed by atoms with E-state index in [2.05, 4.69) is 15.3 Å². The van der Waals surface area contributed by atoms with E-state index in [1.807, 2.05) is 24.3 Å². The first-order valence-corrected chi connectivity index (χ1v) is 7.53. The van der Waals surface area contributed by atoms with Crippen LogP contribution in [0.25, 0.3) is 0 Å². The third-order valence-corrected chi connectivity index (χ3v) is 3.40. The number of methoxy groups -OCH3 is 2. The molecule has 1 heterocycles. The summed E-state index contributed by atoms with van der Waals surface area (Å²) in [5, 5.41) is 3.09. The van der Waals surface area contributed by atoms with Crippen LogP contribution >= 0.6 is 0 Å². The van der Waals surface area contributed by atoms with Crippen LogP contribution in [-0.2, 0) is 0 Å². The van der Waals surface area contributed by atoms with Crippen LogP contribution < -0.4 is 25.3 Å². The molecule has 0 aliphatic heterocycles. The molecule has 0 bridgehead atoms. The van der Waals surface area contributed by atoms with Crippen molar-refractivity contribution >= 4 is 17.3 Å². The monoisotopic (exact) mass is 338 g/mol. The maximum absolute atomic E-state index is 5.91. The van der Waals surface area contributed by atoms with Crippen LogP contribution in [0.4, 0.5) is 17.3 Å². The summed E-state index contributed by atoms with van der Waals surface area (Å²) in [6.45, 7) is 0. The Balaban J connectivity index is 1.76. The van der Waals surface area contributed by atoms with Crippen LogP contribution in [-0.4, -0.2) is 24.2 Å². The zero-order chi connectivity index (χ0) is 17.6. The number of benzene rings is 2. The van der Waals surface area contributed by atoms with Crippen molar-refractivity contribution in [2.45, 2.75) is 0 Å². The number of hydrogen-bond acceptors (Lipinski definition) is 7. The average molecular weight is 338 g/mol. The van der Waals surface area contributed by atoms with Gasteiger partial charge in [-0.3, -0.25) is 0 Å². The first-order chi connectivity index (χ1) is 12.2. The maximum atomic E-state index is 5.91. The molecule has 0 amide bonds. The highest BCUT2D eigenvalue weighted by Gasteiger charge is 2.08. The molecule has 0 saturated heterocycles. The van der Waals surface area contributed by atoms with Gasteiger partial charge in [-0.1, -0.05) is 0 Å². The fourth-order valence-corrected chi connectivity index (χ4v) is 2.08. The first kappa shape index (κ1) is 16.4. The van der Waals surface area contributed by atoms with E-state index in [4.69, 9.17) is 19.9 Å². The molecular formula is C18H18N4O3. The summed E-state index contributed by atoms with van der Waals surface area (Å²) in [6.07, 6.45) is 1.50. The van der Waals surface area contributed by atoms with E-state index in [9.17, 15) is 0 Å². The second-order valence-electron chi connectivity index (χ2n) is 5.09. The van der Waals surface area contributed by atoms with E-state index in [0.717, 1.165) is 17.2 Å². The summed E-state index contributed by atoms with van der Waals surface area (Å²) >= 11 is 0. The van der Waals surface area contributed by atoms with Gasteiger partial charge in [0.2, 0.25) is 11.8 Å². The molecule has 0 unspecified atom stereocenters. The Morgan fingerprint density at radius 3 is 2.00 bits per heavy atom. The summed E-state index contributed by atoms with van der Waals surface area (Å²) in [7, 11) is 3.23. The van der Waals surface area contributed by atoms with Crippen LogP contribution in [0, 0.1) is 0 Å². The Kier molecular flexibility index (Phi) is 4.84. The highest BCUT2D eigenvalue weighted by atomic mass is 16.5.